The van der Waals surface area contributed by atoms with Crippen molar-refractivity contribution in [2.24, 2.45) is 10.9 Å². The van der Waals surface area contributed by atoms with Crippen LogP contribution in [0.5, 0.6) is 0 Å². The van der Waals surface area contributed by atoms with Crippen molar-refractivity contribution in [3.63, 3.8) is 0 Å². The molecule has 2 aliphatic heterocycles. The molecule has 0 aliphatic carbocycles. The third-order valence-electron chi connectivity index (χ3n) is 6.35. The first-order valence-corrected chi connectivity index (χ1v) is 12.3. The van der Waals surface area contributed by atoms with E-state index in [0.29, 0.717) is 38.1 Å². The van der Waals surface area contributed by atoms with Crippen LogP contribution >= 0.6 is 22.9 Å². The lowest BCUT2D eigenvalue weighted by Crippen LogP contribution is -2.39. The number of aromatic nitrogens is 3. The van der Waals surface area contributed by atoms with E-state index in [4.69, 9.17) is 16.6 Å². The zero-order valence-corrected chi connectivity index (χ0v) is 20.4. The lowest BCUT2D eigenvalue weighted by molar-refractivity contribution is 0.0564. The standard InChI is InChI=1S/C24H20ClF4N5OS/c1-13(11-35)24(29)10-20-16(18-4-6-34(32-18)23(27)28)9-19(15-3-2-14(26)8-17(15)25)31-21(33(20)12-24)22-30-5-7-36-22/h2-9,13,23,35H,10-12H2,1H3/t13?,24-/m1/s1. The van der Waals surface area contributed by atoms with Crippen molar-refractivity contribution in [3.05, 3.63) is 80.9 Å². The highest BCUT2D eigenvalue weighted by Crippen LogP contribution is 2.45. The average molecular weight is 538 g/mol. The fourth-order valence-corrected chi connectivity index (χ4v) is 5.19. The maximum absolute atomic E-state index is 16.2. The lowest BCUT2D eigenvalue weighted by atomic mass is 9.89. The van der Waals surface area contributed by atoms with Gasteiger partial charge in [-0.15, -0.1) is 11.3 Å². The number of aliphatic imine (C=N–C) groups is 1. The summed E-state index contributed by atoms with van der Waals surface area (Å²) in [7, 11) is 0. The molecule has 2 aromatic heterocycles. The third-order valence-corrected chi connectivity index (χ3v) is 7.44. The van der Waals surface area contributed by atoms with Crippen LogP contribution in [0.3, 0.4) is 0 Å². The Morgan fingerprint density at radius 2 is 2.08 bits per heavy atom. The molecule has 1 aromatic carbocycles. The van der Waals surface area contributed by atoms with Crippen molar-refractivity contribution in [1.29, 1.82) is 0 Å². The summed E-state index contributed by atoms with van der Waals surface area (Å²) in [6.45, 7) is -1.76. The summed E-state index contributed by atoms with van der Waals surface area (Å²) in [6.07, 6.45) is 4.20. The van der Waals surface area contributed by atoms with Crippen molar-refractivity contribution in [2.75, 3.05) is 13.2 Å². The predicted molar refractivity (Wildman–Crippen MR) is 130 cm³/mol. The molecule has 1 N–H and O–H groups in total. The molecule has 1 fully saturated rings. The van der Waals surface area contributed by atoms with Crippen molar-refractivity contribution < 1.29 is 22.7 Å². The Balaban J connectivity index is 1.77. The number of halogens is 5. The molecule has 4 heterocycles. The minimum absolute atomic E-state index is 0.0988. The number of aliphatic hydroxyl groups excluding tert-OH is 1. The van der Waals surface area contributed by atoms with Gasteiger partial charge in [0.15, 0.2) is 10.8 Å². The van der Waals surface area contributed by atoms with Crippen LogP contribution in [0, 0.1) is 11.7 Å². The summed E-state index contributed by atoms with van der Waals surface area (Å²) in [5.41, 5.74) is -0.104. The van der Waals surface area contributed by atoms with E-state index >= 15 is 4.39 Å². The summed E-state index contributed by atoms with van der Waals surface area (Å²) in [5.74, 6) is -0.902. The quantitative estimate of drug-likeness (QED) is 0.405. The van der Waals surface area contributed by atoms with Gasteiger partial charge in [0, 0.05) is 53.6 Å². The smallest absolute Gasteiger partial charge is 0.333 e. The first-order valence-electron chi connectivity index (χ1n) is 11.0. The minimum atomic E-state index is -2.86. The van der Waals surface area contributed by atoms with E-state index in [1.165, 1.54) is 29.5 Å². The van der Waals surface area contributed by atoms with Gasteiger partial charge in [0.25, 0.3) is 0 Å². The zero-order valence-electron chi connectivity index (χ0n) is 18.9. The highest BCUT2D eigenvalue weighted by molar-refractivity contribution is 7.11. The lowest BCUT2D eigenvalue weighted by Gasteiger charge is -2.26. The molecule has 0 spiro atoms. The maximum Gasteiger partial charge on any atom is 0.333 e. The Hall–Kier alpha value is -3.02. The molecule has 188 valence electrons. The van der Waals surface area contributed by atoms with E-state index in [1.807, 2.05) is 0 Å². The number of rotatable bonds is 6. The largest absolute Gasteiger partial charge is 0.396 e. The van der Waals surface area contributed by atoms with E-state index in [0.717, 1.165) is 12.3 Å². The molecular weight excluding hydrogens is 518 g/mol. The van der Waals surface area contributed by atoms with Gasteiger partial charge in [-0.25, -0.2) is 23.4 Å². The number of alkyl halides is 3. The van der Waals surface area contributed by atoms with Crippen LogP contribution in [-0.2, 0) is 0 Å². The van der Waals surface area contributed by atoms with Crippen molar-refractivity contribution >= 4 is 40.0 Å². The van der Waals surface area contributed by atoms with Crippen LogP contribution in [-0.4, -0.2) is 49.4 Å². The van der Waals surface area contributed by atoms with Gasteiger partial charge in [-0.3, -0.25) is 0 Å². The summed E-state index contributed by atoms with van der Waals surface area (Å²) in [6, 6.07) is 5.27. The van der Waals surface area contributed by atoms with Gasteiger partial charge in [-0.1, -0.05) is 18.5 Å². The van der Waals surface area contributed by atoms with Crippen molar-refractivity contribution in [1.82, 2.24) is 19.7 Å². The van der Waals surface area contributed by atoms with Crippen LogP contribution in [0.1, 0.15) is 36.2 Å². The van der Waals surface area contributed by atoms with Gasteiger partial charge in [-0.2, -0.15) is 13.9 Å². The number of hydrogen-bond donors (Lipinski definition) is 1. The molecule has 0 bridgehead atoms. The SMILES string of the molecule is CC(CO)[C@@]1(F)CC2=C(c3ccn(C(F)F)n3)C=C(c3ccc(F)cc3Cl)N=C(c3nccs3)N2C1. The summed E-state index contributed by atoms with van der Waals surface area (Å²) < 4.78 is 57.1. The van der Waals surface area contributed by atoms with E-state index in [2.05, 4.69) is 10.1 Å². The van der Waals surface area contributed by atoms with Crippen LogP contribution in [0.4, 0.5) is 17.6 Å². The van der Waals surface area contributed by atoms with E-state index in [-0.39, 0.29) is 30.3 Å². The molecule has 0 radical (unpaired) electrons. The second-order valence-electron chi connectivity index (χ2n) is 8.63. The second-order valence-corrected chi connectivity index (χ2v) is 9.93. The number of benzene rings is 1. The predicted octanol–water partition coefficient (Wildman–Crippen LogP) is 5.78. The molecule has 1 unspecified atom stereocenters. The summed E-state index contributed by atoms with van der Waals surface area (Å²) in [4.78, 5) is 10.8. The first-order chi connectivity index (χ1) is 17.2. The molecule has 5 rings (SSSR count). The topological polar surface area (TPSA) is 66.5 Å². The van der Waals surface area contributed by atoms with E-state index in [9.17, 15) is 18.3 Å². The fourth-order valence-electron chi connectivity index (χ4n) is 4.30. The molecule has 2 atom stereocenters. The molecule has 6 nitrogen and oxygen atoms in total. The van der Waals surface area contributed by atoms with Crippen molar-refractivity contribution in [3.8, 4) is 0 Å². The Kier molecular flexibility index (Phi) is 6.48. The van der Waals surface area contributed by atoms with Gasteiger partial charge >= 0.3 is 6.55 Å². The number of hydrogen-bond acceptors (Lipinski definition) is 6. The number of thiazole rings is 1. The van der Waals surface area contributed by atoms with Gasteiger partial charge in [-0.05, 0) is 30.3 Å². The average Bonchev–Trinajstić information content (AvgIpc) is 3.59. The van der Waals surface area contributed by atoms with Crippen LogP contribution < -0.4 is 0 Å². The number of aliphatic hydroxyl groups is 1. The van der Waals surface area contributed by atoms with Gasteiger partial charge in [0.1, 0.15) is 11.5 Å². The van der Waals surface area contributed by atoms with Crippen molar-refractivity contribution in [2.45, 2.75) is 25.6 Å². The summed E-state index contributed by atoms with van der Waals surface area (Å²) in [5, 5.41) is 16.1. The molecule has 3 aromatic rings. The highest BCUT2D eigenvalue weighted by Gasteiger charge is 2.48. The Morgan fingerprint density at radius 3 is 2.72 bits per heavy atom. The number of nitrogens with zero attached hydrogens (tertiary/aromatic N) is 5. The third kappa shape index (κ3) is 4.35. The zero-order chi connectivity index (χ0) is 25.6. The van der Waals surface area contributed by atoms with Gasteiger partial charge in [0.2, 0.25) is 0 Å². The van der Waals surface area contributed by atoms with Gasteiger partial charge in [0.05, 0.1) is 23.0 Å². The van der Waals surface area contributed by atoms with E-state index in [1.54, 1.807) is 29.5 Å². The van der Waals surface area contributed by atoms with Crippen LogP contribution in [0.25, 0.3) is 11.3 Å². The Labute approximate surface area is 212 Å². The first kappa shape index (κ1) is 24.7. The van der Waals surface area contributed by atoms with Crippen LogP contribution in [0.2, 0.25) is 5.02 Å². The van der Waals surface area contributed by atoms with Crippen LogP contribution in [0.15, 0.2) is 58.8 Å². The minimum Gasteiger partial charge on any atom is -0.396 e. The number of amidine groups is 1. The number of fused-ring (bicyclic) bond motifs is 1. The Morgan fingerprint density at radius 1 is 1.28 bits per heavy atom. The molecule has 36 heavy (non-hydrogen) atoms. The normalized spacial score (nSPS) is 20.9. The Bertz CT molecular complexity index is 1390. The fraction of sp³-hybridized carbons (Fsp3) is 0.292. The highest BCUT2D eigenvalue weighted by atomic mass is 35.5. The van der Waals surface area contributed by atoms with Gasteiger partial charge < -0.3 is 10.0 Å². The molecular formula is C24H20ClF4N5OS. The molecule has 0 amide bonds. The monoisotopic (exact) mass is 537 g/mol. The maximum atomic E-state index is 16.2. The number of allylic oxidation sites excluding steroid dienone is 3. The molecule has 0 saturated carbocycles. The van der Waals surface area contributed by atoms with E-state index < -0.39 is 24.0 Å². The second kappa shape index (κ2) is 9.45. The molecule has 1 saturated heterocycles. The summed E-state index contributed by atoms with van der Waals surface area (Å²) >= 11 is 7.65. The molecule has 2 aliphatic rings. The molecule has 12 heteroatoms.